The van der Waals surface area contributed by atoms with Crippen LogP contribution in [0.2, 0.25) is 0 Å². The third kappa shape index (κ3) is 2.58. The Hall–Kier alpha value is -1.85. The second-order valence-electron chi connectivity index (χ2n) is 2.34. The molecule has 0 saturated carbocycles. The van der Waals surface area contributed by atoms with Gasteiger partial charge >= 0.3 is 5.69 Å². The molecule has 1 aromatic rings. The average Bonchev–Trinajstić information content (AvgIpc) is 2.04. The molecule has 6 N–H and O–H groups in total. The van der Waals surface area contributed by atoms with Crippen molar-refractivity contribution in [1.82, 2.24) is 9.97 Å². The Balaban J connectivity index is 0.000000791. The molecule has 0 aliphatic carbocycles. The summed E-state index contributed by atoms with van der Waals surface area (Å²) in [5.74, 6) is 0.0729. The third-order valence-electron chi connectivity index (χ3n) is 1.36. The van der Waals surface area contributed by atoms with Crippen molar-refractivity contribution in [3.63, 3.8) is 0 Å². The number of hydrogen-bond donors (Lipinski definition) is 4. The quantitative estimate of drug-likeness (QED) is 0.485. The van der Waals surface area contributed by atoms with Crippen LogP contribution in [-0.4, -0.2) is 15.7 Å². The van der Waals surface area contributed by atoms with Crippen molar-refractivity contribution >= 4 is 17.3 Å². The zero-order valence-electron chi connectivity index (χ0n) is 8.51. The van der Waals surface area contributed by atoms with Crippen molar-refractivity contribution < 1.29 is 0 Å². The van der Waals surface area contributed by atoms with Gasteiger partial charge in [0, 0.05) is 5.71 Å². The average molecular weight is 197 g/mol. The molecule has 0 amide bonds. The van der Waals surface area contributed by atoms with Gasteiger partial charge < -0.3 is 16.9 Å². The minimum atomic E-state index is -0.602. The summed E-state index contributed by atoms with van der Waals surface area (Å²) >= 11 is 0. The van der Waals surface area contributed by atoms with Crippen LogP contribution in [0.4, 0.5) is 11.6 Å². The standard InChI is InChI=1S/C6H9N5O.C2H6/c1-2(7)3-4(8)10-6(12)11-5(3)9;1-2/h7H,1H3,(H5,8,9,10,11,12);1-2H3. The SMILES string of the molecule is CC.CC(=N)c1c(N)nc(=O)[nH]c1N. The van der Waals surface area contributed by atoms with Gasteiger partial charge in [-0.3, -0.25) is 4.98 Å². The number of aromatic nitrogens is 2. The van der Waals surface area contributed by atoms with Crippen LogP contribution in [0.5, 0.6) is 0 Å². The lowest BCUT2D eigenvalue weighted by Gasteiger charge is -2.04. The lowest BCUT2D eigenvalue weighted by atomic mass is 10.2. The smallest absolute Gasteiger partial charge is 0.348 e. The molecule has 0 saturated heterocycles. The summed E-state index contributed by atoms with van der Waals surface area (Å²) in [6.45, 7) is 5.52. The predicted octanol–water partition coefficient (Wildman–Crippen LogP) is 0.348. The molecule has 78 valence electrons. The molecule has 1 aromatic heterocycles. The molecule has 0 fully saturated rings. The molecule has 1 heterocycles. The maximum absolute atomic E-state index is 10.7. The van der Waals surface area contributed by atoms with E-state index in [0.717, 1.165) is 0 Å². The van der Waals surface area contributed by atoms with Gasteiger partial charge in [0.25, 0.3) is 0 Å². The zero-order valence-corrected chi connectivity index (χ0v) is 8.51. The van der Waals surface area contributed by atoms with Crippen molar-refractivity contribution in [3.05, 3.63) is 16.0 Å². The number of nitrogens with two attached hydrogens (primary N) is 2. The van der Waals surface area contributed by atoms with Gasteiger partial charge in [0.2, 0.25) is 0 Å². The Morgan fingerprint density at radius 2 is 1.93 bits per heavy atom. The molecule has 14 heavy (non-hydrogen) atoms. The first-order chi connectivity index (χ1) is 6.52. The van der Waals surface area contributed by atoms with Gasteiger partial charge in [0.15, 0.2) is 0 Å². The normalized spacial score (nSPS) is 8.79. The molecule has 0 spiro atoms. The van der Waals surface area contributed by atoms with E-state index in [1.807, 2.05) is 13.8 Å². The molecule has 0 atom stereocenters. The number of nitrogen functional groups attached to an aromatic ring is 2. The van der Waals surface area contributed by atoms with Gasteiger partial charge in [0.05, 0.1) is 5.56 Å². The molecule has 0 bridgehead atoms. The van der Waals surface area contributed by atoms with Crippen LogP contribution in [0.3, 0.4) is 0 Å². The summed E-state index contributed by atoms with van der Waals surface area (Å²) in [5, 5.41) is 7.27. The fourth-order valence-corrected chi connectivity index (χ4v) is 0.903. The highest BCUT2D eigenvalue weighted by molar-refractivity contribution is 6.03. The number of H-pyrrole nitrogens is 1. The number of nitrogens with zero attached hydrogens (tertiary/aromatic N) is 1. The zero-order chi connectivity index (χ0) is 11.3. The van der Waals surface area contributed by atoms with E-state index in [4.69, 9.17) is 16.9 Å². The molecule has 0 aliphatic heterocycles. The van der Waals surface area contributed by atoms with E-state index in [1.54, 1.807) is 0 Å². The highest BCUT2D eigenvalue weighted by atomic mass is 16.1. The second-order valence-corrected chi connectivity index (χ2v) is 2.34. The maximum atomic E-state index is 10.7. The molecule has 0 aromatic carbocycles. The van der Waals surface area contributed by atoms with Crippen molar-refractivity contribution in [2.75, 3.05) is 11.5 Å². The fraction of sp³-hybridized carbons (Fsp3) is 0.375. The van der Waals surface area contributed by atoms with Crippen LogP contribution in [0.15, 0.2) is 4.79 Å². The summed E-state index contributed by atoms with van der Waals surface area (Å²) in [6.07, 6.45) is 0. The summed E-state index contributed by atoms with van der Waals surface area (Å²) < 4.78 is 0. The highest BCUT2D eigenvalue weighted by Crippen LogP contribution is 2.11. The monoisotopic (exact) mass is 197 g/mol. The lowest BCUT2D eigenvalue weighted by Crippen LogP contribution is -2.19. The predicted molar refractivity (Wildman–Crippen MR) is 57.5 cm³/mol. The molecular formula is C8H15N5O. The van der Waals surface area contributed by atoms with Crippen molar-refractivity contribution in [3.8, 4) is 0 Å². The first-order valence-corrected chi connectivity index (χ1v) is 4.23. The summed E-state index contributed by atoms with van der Waals surface area (Å²) in [5.41, 5.74) is 10.6. The Morgan fingerprint density at radius 3 is 2.29 bits per heavy atom. The molecular weight excluding hydrogens is 182 g/mol. The minimum Gasteiger partial charge on any atom is -0.384 e. The molecule has 0 radical (unpaired) electrons. The van der Waals surface area contributed by atoms with Gasteiger partial charge in [-0.05, 0) is 6.92 Å². The van der Waals surface area contributed by atoms with E-state index < -0.39 is 5.69 Å². The van der Waals surface area contributed by atoms with Crippen LogP contribution < -0.4 is 17.2 Å². The highest BCUT2D eigenvalue weighted by Gasteiger charge is 2.08. The Kier molecular flexibility index (Phi) is 4.34. The summed E-state index contributed by atoms with van der Waals surface area (Å²) in [4.78, 5) is 16.3. The number of nitrogens with one attached hydrogen (secondary N) is 2. The molecule has 6 heteroatoms. The van der Waals surface area contributed by atoms with Gasteiger partial charge in [-0.2, -0.15) is 4.98 Å². The lowest BCUT2D eigenvalue weighted by molar-refractivity contribution is 1.09. The van der Waals surface area contributed by atoms with Crippen LogP contribution in [-0.2, 0) is 0 Å². The number of anilines is 2. The van der Waals surface area contributed by atoms with E-state index >= 15 is 0 Å². The summed E-state index contributed by atoms with van der Waals surface area (Å²) in [6, 6.07) is 0. The molecule has 1 rings (SSSR count). The Bertz CT molecular complexity index is 356. The van der Waals surface area contributed by atoms with Crippen molar-refractivity contribution in [1.29, 1.82) is 5.41 Å². The van der Waals surface area contributed by atoms with Gasteiger partial charge in [0.1, 0.15) is 11.6 Å². The first kappa shape index (κ1) is 12.2. The van der Waals surface area contributed by atoms with E-state index in [2.05, 4.69) is 9.97 Å². The number of rotatable bonds is 1. The number of hydrogen-bond acceptors (Lipinski definition) is 5. The number of aromatic amines is 1. The molecule has 0 aliphatic rings. The summed E-state index contributed by atoms with van der Waals surface area (Å²) in [7, 11) is 0. The van der Waals surface area contributed by atoms with Crippen LogP contribution in [0.25, 0.3) is 0 Å². The third-order valence-corrected chi connectivity index (χ3v) is 1.36. The van der Waals surface area contributed by atoms with E-state index in [1.165, 1.54) is 6.92 Å². The van der Waals surface area contributed by atoms with Crippen LogP contribution >= 0.6 is 0 Å². The Labute approximate surface area is 81.9 Å². The maximum Gasteiger partial charge on any atom is 0.348 e. The fourth-order valence-electron chi connectivity index (χ4n) is 0.903. The first-order valence-electron chi connectivity index (χ1n) is 4.23. The Morgan fingerprint density at radius 1 is 1.43 bits per heavy atom. The molecule has 6 nitrogen and oxygen atoms in total. The second kappa shape index (κ2) is 5.00. The molecule has 0 unspecified atom stereocenters. The van der Waals surface area contributed by atoms with Gasteiger partial charge in [-0.1, -0.05) is 13.8 Å². The van der Waals surface area contributed by atoms with Crippen LogP contribution in [0.1, 0.15) is 26.3 Å². The van der Waals surface area contributed by atoms with E-state index in [-0.39, 0.29) is 22.9 Å². The minimum absolute atomic E-state index is 0.0104. The van der Waals surface area contributed by atoms with E-state index in [9.17, 15) is 4.79 Å². The van der Waals surface area contributed by atoms with Gasteiger partial charge in [-0.15, -0.1) is 0 Å². The topological polar surface area (TPSA) is 122 Å². The van der Waals surface area contributed by atoms with Crippen molar-refractivity contribution in [2.24, 2.45) is 0 Å². The van der Waals surface area contributed by atoms with Gasteiger partial charge in [-0.25, -0.2) is 4.79 Å². The largest absolute Gasteiger partial charge is 0.384 e. The van der Waals surface area contributed by atoms with Crippen molar-refractivity contribution in [2.45, 2.75) is 20.8 Å². The van der Waals surface area contributed by atoms with E-state index in [0.29, 0.717) is 0 Å². The van der Waals surface area contributed by atoms with Crippen LogP contribution in [0, 0.1) is 5.41 Å².